The lowest BCUT2D eigenvalue weighted by atomic mass is 9.95. The number of ether oxygens (including phenoxy) is 2. The van der Waals surface area contributed by atoms with E-state index in [1.54, 1.807) is 24.3 Å². The maximum absolute atomic E-state index is 12.8. The first-order valence-electron chi connectivity index (χ1n) is 9.61. The summed E-state index contributed by atoms with van der Waals surface area (Å²) in [6.07, 6.45) is -1.07. The third-order valence-electron chi connectivity index (χ3n) is 5.09. The van der Waals surface area contributed by atoms with E-state index in [0.717, 1.165) is 0 Å². The molecule has 1 aromatic rings. The van der Waals surface area contributed by atoms with Crippen LogP contribution < -0.4 is 11.1 Å². The van der Waals surface area contributed by atoms with Gasteiger partial charge in [-0.1, -0.05) is 23.7 Å². The van der Waals surface area contributed by atoms with E-state index in [4.69, 9.17) is 26.8 Å². The number of hydrogen-bond donors (Lipinski definition) is 2. The van der Waals surface area contributed by atoms with E-state index in [1.807, 2.05) is 13.8 Å². The van der Waals surface area contributed by atoms with Crippen LogP contribution in [-0.4, -0.2) is 57.1 Å². The Labute approximate surface area is 188 Å². The summed E-state index contributed by atoms with van der Waals surface area (Å²) >= 11 is 7.24. The van der Waals surface area contributed by atoms with Gasteiger partial charge in [0.05, 0.1) is 0 Å². The van der Waals surface area contributed by atoms with Crippen LogP contribution >= 0.6 is 23.4 Å². The number of benzene rings is 1. The molecule has 9 nitrogen and oxygen atoms in total. The van der Waals surface area contributed by atoms with E-state index < -0.39 is 58.3 Å². The zero-order valence-electron chi connectivity index (χ0n) is 17.5. The predicted octanol–water partition coefficient (Wildman–Crippen LogP) is 1.34. The van der Waals surface area contributed by atoms with Crippen molar-refractivity contribution in [3.05, 3.63) is 34.9 Å². The van der Waals surface area contributed by atoms with Crippen LogP contribution in [0, 0.1) is 0 Å². The Hall–Kier alpha value is -2.30. The Morgan fingerprint density at radius 3 is 2.42 bits per heavy atom. The van der Waals surface area contributed by atoms with Crippen molar-refractivity contribution >= 4 is 47.1 Å². The molecule has 2 fully saturated rings. The van der Waals surface area contributed by atoms with E-state index >= 15 is 0 Å². The minimum atomic E-state index is -1.07. The van der Waals surface area contributed by atoms with E-state index in [-0.39, 0.29) is 0 Å². The molecule has 2 heterocycles. The highest BCUT2D eigenvalue weighted by molar-refractivity contribution is 8.01. The number of fused-ring (bicyclic) bond motifs is 1. The molecule has 0 aliphatic carbocycles. The number of nitrogens with zero attached hydrogens (tertiary/aromatic N) is 1. The fraction of sp³-hybridized carbons (Fsp3) is 0.500. The summed E-state index contributed by atoms with van der Waals surface area (Å²) in [5.41, 5.74) is 6.58. The highest BCUT2D eigenvalue weighted by Gasteiger charge is 2.64. The Morgan fingerprint density at radius 2 is 1.84 bits per heavy atom. The highest BCUT2D eigenvalue weighted by atomic mass is 35.5. The van der Waals surface area contributed by atoms with Gasteiger partial charge in [-0.15, -0.1) is 11.8 Å². The minimum absolute atomic E-state index is 0.401. The Bertz CT molecular complexity index is 909. The number of carbonyl (C=O) groups is 4. The summed E-state index contributed by atoms with van der Waals surface area (Å²) in [7, 11) is 0. The Balaban J connectivity index is 1.67. The summed E-state index contributed by atoms with van der Waals surface area (Å²) in [4.78, 5) is 50.5. The van der Waals surface area contributed by atoms with Crippen molar-refractivity contribution in [2.45, 2.75) is 62.2 Å². The minimum Gasteiger partial charge on any atom is -0.426 e. The molecular weight excluding hydrogens is 446 g/mol. The van der Waals surface area contributed by atoms with Crippen molar-refractivity contribution in [1.82, 2.24) is 10.2 Å². The van der Waals surface area contributed by atoms with Crippen LogP contribution in [0.25, 0.3) is 0 Å². The second-order valence-corrected chi connectivity index (χ2v) is 10.1. The zero-order valence-corrected chi connectivity index (χ0v) is 19.0. The van der Waals surface area contributed by atoms with Crippen LogP contribution in [0.1, 0.15) is 39.3 Å². The first kappa shape index (κ1) is 23.4. The van der Waals surface area contributed by atoms with Gasteiger partial charge in [0.25, 0.3) is 0 Å². The van der Waals surface area contributed by atoms with Crippen molar-refractivity contribution < 1.29 is 28.7 Å². The summed E-state index contributed by atoms with van der Waals surface area (Å²) in [5, 5.41) is 2.76. The molecule has 0 bridgehead atoms. The van der Waals surface area contributed by atoms with E-state index in [0.29, 0.717) is 10.6 Å². The second-order valence-electron chi connectivity index (χ2n) is 7.89. The second kappa shape index (κ2) is 8.68. The molecule has 0 spiro atoms. The van der Waals surface area contributed by atoms with Crippen molar-refractivity contribution in [1.29, 1.82) is 0 Å². The molecular formula is C20H24ClN3O6S. The molecule has 2 unspecified atom stereocenters. The van der Waals surface area contributed by atoms with Crippen LogP contribution in [0.15, 0.2) is 24.3 Å². The Morgan fingerprint density at radius 1 is 1.23 bits per heavy atom. The fourth-order valence-electron chi connectivity index (χ4n) is 3.68. The number of rotatable bonds is 6. The lowest BCUT2D eigenvalue weighted by molar-refractivity contribution is -0.190. The van der Waals surface area contributed by atoms with Gasteiger partial charge in [-0.2, -0.15) is 0 Å². The highest BCUT2D eigenvalue weighted by Crippen LogP contribution is 2.51. The number of β-lactam (4-membered cyclic amide) rings is 1. The van der Waals surface area contributed by atoms with Gasteiger partial charge in [0, 0.05) is 23.6 Å². The van der Waals surface area contributed by atoms with Crippen LogP contribution in [0.3, 0.4) is 0 Å². The molecule has 0 aromatic heterocycles. The Kier molecular flexibility index (Phi) is 6.54. The third-order valence-corrected chi connectivity index (χ3v) is 6.91. The van der Waals surface area contributed by atoms with E-state index in [9.17, 15) is 19.2 Å². The lowest BCUT2D eigenvalue weighted by Crippen LogP contribution is -2.71. The summed E-state index contributed by atoms with van der Waals surface area (Å²) in [6.45, 7) is 6.25. The fourth-order valence-corrected chi connectivity index (χ4v) is 5.42. The SMILES string of the molecule is CC(=O)OC(C)OC(=O)[C@@H]1N2C(=O)[C@@H](NC(=O)C(N)c3ccc(Cl)cc3)[C@H]2SC1(C)C. The van der Waals surface area contributed by atoms with Crippen molar-refractivity contribution in [2.24, 2.45) is 5.73 Å². The number of amides is 2. The van der Waals surface area contributed by atoms with Gasteiger partial charge < -0.3 is 25.4 Å². The quantitative estimate of drug-likeness (QED) is 0.363. The van der Waals surface area contributed by atoms with Crippen molar-refractivity contribution in [3.8, 4) is 0 Å². The molecule has 3 rings (SSSR count). The number of halogens is 1. The molecule has 31 heavy (non-hydrogen) atoms. The smallest absolute Gasteiger partial charge is 0.333 e. The number of carbonyl (C=O) groups excluding carboxylic acids is 4. The van der Waals surface area contributed by atoms with Crippen LogP contribution in [0.2, 0.25) is 5.02 Å². The lowest BCUT2D eigenvalue weighted by Gasteiger charge is -2.44. The first-order chi connectivity index (χ1) is 14.4. The molecule has 5 atom stereocenters. The van der Waals surface area contributed by atoms with Crippen molar-refractivity contribution in [2.75, 3.05) is 0 Å². The number of nitrogens with one attached hydrogen (secondary N) is 1. The summed E-state index contributed by atoms with van der Waals surface area (Å²) in [5.74, 6) is -2.17. The number of nitrogens with two attached hydrogens (primary N) is 1. The maximum atomic E-state index is 12.8. The molecule has 2 aliphatic rings. The van der Waals surface area contributed by atoms with Crippen LogP contribution in [-0.2, 0) is 28.7 Å². The van der Waals surface area contributed by atoms with E-state index in [1.165, 1.54) is 30.5 Å². The molecule has 168 valence electrons. The van der Waals surface area contributed by atoms with Gasteiger partial charge in [0.15, 0.2) is 0 Å². The van der Waals surface area contributed by atoms with Gasteiger partial charge in [-0.3, -0.25) is 14.4 Å². The standard InChI is InChI=1S/C20H24ClN3O6S/c1-9(25)29-10(2)30-19(28)15-20(3,4)31-18-14(17(27)24(15)18)23-16(26)13(22)11-5-7-12(21)8-6-11/h5-8,10,13-15,18H,22H2,1-4H3,(H,23,26)/t10?,13?,14-,15+,18-/m1/s1. The van der Waals surface area contributed by atoms with Gasteiger partial charge in [-0.05, 0) is 31.5 Å². The summed E-state index contributed by atoms with van der Waals surface area (Å²) in [6, 6.07) is 3.88. The van der Waals surface area contributed by atoms with Crippen molar-refractivity contribution in [3.63, 3.8) is 0 Å². The largest absolute Gasteiger partial charge is 0.426 e. The number of hydrogen-bond acceptors (Lipinski definition) is 8. The number of esters is 2. The number of thioether (sulfide) groups is 1. The van der Waals surface area contributed by atoms with Gasteiger partial charge in [0.1, 0.15) is 23.5 Å². The maximum Gasteiger partial charge on any atom is 0.333 e. The first-order valence-corrected chi connectivity index (χ1v) is 10.9. The molecule has 2 aliphatic heterocycles. The normalized spacial score (nSPS) is 25.7. The summed E-state index contributed by atoms with van der Waals surface area (Å²) < 4.78 is 9.35. The molecule has 2 saturated heterocycles. The molecule has 3 N–H and O–H groups in total. The topological polar surface area (TPSA) is 128 Å². The molecule has 0 saturated carbocycles. The zero-order chi connectivity index (χ0) is 23.1. The van der Waals surface area contributed by atoms with Gasteiger partial charge in [-0.25, -0.2) is 4.79 Å². The molecule has 1 aromatic carbocycles. The monoisotopic (exact) mass is 469 g/mol. The van der Waals surface area contributed by atoms with Gasteiger partial charge >= 0.3 is 11.9 Å². The van der Waals surface area contributed by atoms with Crippen LogP contribution in [0.5, 0.6) is 0 Å². The molecule has 11 heteroatoms. The van der Waals surface area contributed by atoms with Gasteiger partial charge in [0.2, 0.25) is 18.1 Å². The van der Waals surface area contributed by atoms with E-state index in [2.05, 4.69) is 5.32 Å². The average Bonchev–Trinajstić information content (AvgIpc) is 2.93. The average molecular weight is 470 g/mol. The van der Waals surface area contributed by atoms with Crippen LogP contribution in [0.4, 0.5) is 0 Å². The third kappa shape index (κ3) is 4.65. The predicted molar refractivity (Wildman–Crippen MR) is 114 cm³/mol. The molecule has 2 amide bonds. The molecule has 0 radical (unpaired) electrons.